The molecule has 4 N–H and O–H groups in total. The smallest absolute Gasteiger partial charge is 0.306 e. The third-order valence-electron chi connectivity index (χ3n) is 13.7. The summed E-state index contributed by atoms with van der Waals surface area (Å²) in [6, 6.07) is 0. The summed E-state index contributed by atoms with van der Waals surface area (Å²) in [5.74, 6) is -1.95. The van der Waals surface area contributed by atoms with Crippen molar-refractivity contribution in [2.24, 2.45) is 0 Å². The van der Waals surface area contributed by atoms with E-state index in [-0.39, 0.29) is 19.4 Å². The Labute approximate surface area is 416 Å². The minimum absolute atomic E-state index is 0.173. The van der Waals surface area contributed by atoms with Gasteiger partial charge in [-0.1, -0.05) is 258 Å². The molecule has 0 aromatic heterocycles. The molecule has 0 saturated carbocycles. The summed E-state index contributed by atoms with van der Waals surface area (Å²) in [5.41, 5.74) is 0. The molecule has 1 aliphatic heterocycles. The summed E-state index contributed by atoms with van der Waals surface area (Å²) in [6.45, 7) is 3.83. The maximum absolute atomic E-state index is 12.9. The van der Waals surface area contributed by atoms with Crippen molar-refractivity contribution < 1.29 is 56.8 Å². The third kappa shape index (κ3) is 39.3. The van der Waals surface area contributed by atoms with Crippen LogP contribution in [0.2, 0.25) is 0 Å². The molecule has 1 aliphatic rings. The van der Waals surface area contributed by atoms with E-state index in [2.05, 4.69) is 13.8 Å². The first-order valence-electron chi connectivity index (χ1n) is 28.6. The van der Waals surface area contributed by atoms with Crippen LogP contribution in [0.5, 0.6) is 0 Å². The van der Waals surface area contributed by atoms with Gasteiger partial charge in [-0.05, 0) is 12.8 Å². The molecule has 0 radical (unpaired) electrons. The summed E-state index contributed by atoms with van der Waals surface area (Å²) in [6.07, 6.45) is 41.5. The van der Waals surface area contributed by atoms with Crippen LogP contribution < -0.4 is 0 Å². The van der Waals surface area contributed by atoms with Gasteiger partial charge in [0.1, 0.15) is 36.8 Å². The maximum atomic E-state index is 12.9. The van der Waals surface area contributed by atoms with Crippen molar-refractivity contribution in [3.05, 3.63) is 0 Å². The number of unbranched alkanes of at least 4 members (excludes halogenated alkanes) is 38. The van der Waals surface area contributed by atoms with Crippen LogP contribution in [0.25, 0.3) is 0 Å². The lowest BCUT2D eigenvalue weighted by Crippen LogP contribution is -2.60. The van der Waals surface area contributed by atoms with Crippen LogP contribution in [0.4, 0.5) is 0 Å². The molecule has 0 aromatic rings. The lowest BCUT2D eigenvalue weighted by Gasteiger charge is -2.40. The minimum atomic E-state index is -4.60. The number of ether oxygens (including phenoxy) is 4. The Bertz CT molecular complexity index is 1250. The fraction of sp³-hybridized carbons (Fsp3) is 0.964. The van der Waals surface area contributed by atoms with Gasteiger partial charge in [0, 0.05) is 12.8 Å². The van der Waals surface area contributed by atoms with E-state index in [4.69, 9.17) is 18.9 Å². The monoisotopic (exact) mass is 991 g/mol. The lowest BCUT2D eigenvalue weighted by atomic mass is 10.00. The van der Waals surface area contributed by atoms with Crippen LogP contribution in [-0.2, 0) is 38.7 Å². The molecule has 1 heterocycles. The quantitative estimate of drug-likeness (QED) is 0.0257. The molecule has 13 heteroatoms. The Morgan fingerprint density at radius 3 is 1.07 bits per heavy atom. The number of aliphatic hydroxyl groups excluding tert-OH is 3. The van der Waals surface area contributed by atoms with E-state index in [0.717, 1.165) is 38.5 Å². The number of esters is 2. The van der Waals surface area contributed by atoms with Gasteiger partial charge in [0.05, 0.1) is 6.61 Å². The van der Waals surface area contributed by atoms with E-state index in [1.807, 2.05) is 0 Å². The first-order chi connectivity index (χ1) is 33.0. The normalized spacial score (nSPS) is 19.1. The predicted octanol–water partition coefficient (Wildman–Crippen LogP) is 13.6. The van der Waals surface area contributed by atoms with Gasteiger partial charge in [0.2, 0.25) is 0 Å². The van der Waals surface area contributed by atoms with E-state index in [9.17, 15) is 37.9 Å². The highest BCUT2D eigenvalue weighted by Crippen LogP contribution is 2.24. The number of aliphatic hydroxyl groups is 3. The Kier molecular flexibility index (Phi) is 43.3. The van der Waals surface area contributed by atoms with Crippen LogP contribution >= 0.6 is 0 Å². The Morgan fingerprint density at radius 1 is 0.441 bits per heavy atom. The molecule has 68 heavy (non-hydrogen) atoms. The van der Waals surface area contributed by atoms with Crippen molar-refractivity contribution in [1.82, 2.24) is 0 Å². The zero-order chi connectivity index (χ0) is 49.8. The van der Waals surface area contributed by atoms with E-state index in [1.54, 1.807) is 0 Å². The standard InChI is InChI=1S/C55H106O12S/c1-3-5-7-9-11-13-15-17-19-21-22-23-24-25-26-28-30-32-34-36-38-40-42-44-51(57)66-48(46-65-55-54(60)53(59)52(58)49(67-55)47-68(61,62)63)45-64-50(56)43-41-39-37-35-33-31-29-27-20-18-16-14-12-10-8-6-4-2/h48-49,52-55,58-60H,3-47H2,1-2H3,(H,61,62,63). The average Bonchev–Trinajstić information content (AvgIpc) is 3.31. The number of hydrogen-bond acceptors (Lipinski definition) is 11. The molecule has 1 saturated heterocycles. The van der Waals surface area contributed by atoms with Crippen LogP contribution in [-0.4, -0.2) is 96.0 Å². The summed E-state index contributed by atoms with van der Waals surface area (Å²) in [7, 11) is -4.60. The molecule has 0 spiro atoms. The van der Waals surface area contributed by atoms with Gasteiger partial charge < -0.3 is 34.3 Å². The van der Waals surface area contributed by atoms with Crippen LogP contribution in [0, 0.1) is 0 Å². The second-order valence-corrected chi connectivity index (χ2v) is 21.8. The Balaban J connectivity index is 2.29. The third-order valence-corrected chi connectivity index (χ3v) is 14.4. The van der Waals surface area contributed by atoms with Gasteiger partial charge in [0.25, 0.3) is 10.1 Å². The maximum Gasteiger partial charge on any atom is 0.306 e. The van der Waals surface area contributed by atoms with Gasteiger partial charge in [-0.15, -0.1) is 0 Å². The molecular formula is C55H106O12S. The van der Waals surface area contributed by atoms with Crippen LogP contribution in [0.15, 0.2) is 0 Å². The van der Waals surface area contributed by atoms with E-state index >= 15 is 0 Å². The minimum Gasteiger partial charge on any atom is -0.462 e. The highest BCUT2D eigenvalue weighted by Gasteiger charge is 2.46. The number of rotatable bonds is 50. The van der Waals surface area contributed by atoms with E-state index in [1.165, 1.54) is 205 Å². The first-order valence-corrected chi connectivity index (χ1v) is 30.2. The SMILES string of the molecule is CCCCCCCCCCCCCCCCCCCCCCCCCC(=O)OC(COC(=O)CCCCCCCCCCCCCCCCCCC)COC1OC(CS(=O)(=O)O)C(O)C(O)C1O. The largest absolute Gasteiger partial charge is 0.462 e. The zero-order valence-corrected chi connectivity index (χ0v) is 44.6. The van der Waals surface area contributed by atoms with Gasteiger partial charge >= 0.3 is 11.9 Å². The fourth-order valence-corrected chi connectivity index (χ4v) is 9.96. The molecule has 6 unspecified atom stereocenters. The summed E-state index contributed by atoms with van der Waals surface area (Å²) >= 11 is 0. The van der Waals surface area contributed by atoms with Gasteiger partial charge in [-0.25, -0.2) is 0 Å². The fourth-order valence-electron chi connectivity index (χ4n) is 9.27. The highest BCUT2D eigenvalue weighted by molar-refractivity contribution is 7.85. The van der Waals surface area contributed by atoms with E-state index < -0.39 is 71.2 Å². The van der Waals surface area contributed by atoms with Crippen LogP contribution in [0.1, 0.15) is 284 Å². The van der Waals surface area contributed by atoms with Crippen molar-refractivity contribution in [2.45, 2.75) is 320 Å². The highest BCUT2D eigenvalue weighted by atomic mass is 32.2. The molecule has 1 rings (SSSR count). The first kappa shape index (κ1) is 64.7. The average molecular weight is 992 g/mol. The van der Waals surface area contributed by atoms with Crippen molar-refractivity contribution in [3.63, 3.8) is 0 Å². The van der Waals surface area contributed by atoms with Crippen molar-refractivity contribution in [3.8, 4) is 0 Å². The van der Waals surface area contributed by atoms with Crippen molar-refractivity contribution in [2.75, 3.05) is 19.0 Å². The van der Waals surface area contributed by atoms with Crippen molar-refractivity contribution in [1.29, 1.82) is 0 Å². The summed E-state index contributed by atoms with van der Waals surface area (Å²) in [4.78, 5) is 25.6. The van der Waals surface area contributed by atoms with Gasteiger partial charge in [-0.3, -0.25) is 14.1 Å². The summed E-state index contributed by atoms with van der Waals surface area (Å²) in [5, 5.41) is 31.0. The predicted molar refractivity (Wildman–Crippen MR) is 275 cm³/mol. The number of carbonyl (C=O) groups is 2. The second kappa shape index (κ2) is 45.5. The molecule has 6 atom stereocenters. The second-order valence-electron chi connectivity index (χ2n) is 20.3. The molecule has 12 nitrogen and oxygen atoms in total. The van der Waals surface area contributed by atoms with Crippen LogP contribution in [0.3, 0.4) is 0 Å². The zero-order valence-electron chi connectivity index (χ0n) is 43.7. The Hall–Kier alpha value is -1.35. The Morgan fingerprint density at radius 2 is 0.750 bits per heavy atom. The molecular weight excluding hydrogens is 885 g/mol. The van der Waals surface area contributed by atoms with Crippen molar-refractivity contribution >= 4 is 22.1 Å². The molecule has 0 aliphatic carbocycles. The van der Waals surface area contributed by atoms with Gasteiger partial charge in [-0.2, -0.15) is 8.42 Å². The molecule has 1 fully saturated rings. The molecule has 0 bridgehead atoms. The number of carbonyl (C=O) groups excluding carboxylic acids is 2. The summed E-state index contributed by atoms with van der Waals surface area (Å²) < 4.78 is 54.4. The van der Waals surface area contributed by atoms with E-state index in [0.29, 0.717) is 12.8 Å². The van der Waals surface area contributed by atoms with Gasteiger partial charge in [0.15, 0.2) is 12.4 Å². The lowest BCUT2D eigenvalue weighted by molar-refractivity contribution is -0.297. The molecule has 0 amide bonds. The molecule has 0 aromatic carbocycles. The number of hydrogen-bond donors (Lipinski definition) is 4. The topological polar surface area (TPSA) is 186 Å². The molecule has 404 valence electrons.